The fourth-order valence-electron chi connectivity index (χ4n) is 1.54. The largest absolute Gasteiger partial charge is 0.322 e. The van der Waals surface area contributed by atoms with E-state index in [9.17, 15) is 4.79 Å². The predicted molar refractivity (Wildman–Crippen MR) is 86.0 cm³/mol. The Labute approximate surface area is 132 Å². The Morgan fingerprint density at radius 1 is 1.26 bits per heavy atom. The summed E-state index contributed by atoms with van der Waals surface area (Å²) >= 11 is 5.51. The third-order valence-electron chi connectivity index (χ3n) is 2.42. The Morgan fingerprint density at radius 3 is 2.79 bits per heavy atom. The summed E-state index contributed by atoms with van der Waals surface area (Å²) in [4.78, 5) is 12.2. The third-order valence-corrected chi connectivity index (χ3v) is 3.79. The number of carbonyl (C=O) groups is 1. The van der Waals surface area contributed by atoms with Gasteiger partial charge in [-0.15, -0.1) is 0 Å². The van der Waals surface area contributed by atoms with E-state index in [1.54, 1.807) is 30.3 Å². The molecule has 2 rings (SSSR count). The number of nitrogens with one attached hydrogen (secondary N) is 1. The number of rotatable bonds is 2. The van der Waals surface area contributed by atoms with E-state index in [1.807, 2.05) is 18.2 Å². The number of halogens is 2. The summed E-state index contributed by atoms with van der Waals surface area (Å²) in [6, 6.07) is 14.4. The van der Waals surface area contributed by atoms with Crippen molar-refractivity contribution >= 4 is 50.1 Å². The molecule has 19 heavy (non-hydrogen) atoms. The average Bonchev–Trinajstić information content (AvgIpc) is 2.41. The first kappa shape index (κ1) is 14.0. The molecule has 0 unspecified atom stereocenters. The molecule has 1 N–H and O–H groups in total. The number of amides is 1. The molecule has 2 aromatic rings. The highest BCUT2D eigenvalue weighted by molar-refractivity contribution is 14.1. The van der Waals surface area contributed by atoms with Crippen molar-refractivity contribution in [2.75, 3.05) is 5.32 Å². The Balaban J connectivity index is 2.26. The van der Waals surface area contributed by atoms with Crippen LogP contribution in [0.5, 0.6) is 0 Å². The summed E-state index contributed by atoms with van der Waals surface area (Å²) in [6.07, 6.45) is 0. The first-order valence-corrected chi connectivity index (χ1v) is 7.24. The normalized spacial score (nSPS) is 9.74. The Bertz CT molecular complexity index is 679. The number of anilines is 1. The number of carbonyl (C=O) groups excluding carboxylic acids is 1. The number of hydrogen-bond acceptors (Lipinski definition) is 2. The number of benzene rings is 2. The Kier molecular flexibility index (Phi) is 4.56. The van der Waals surface area contributed by atoms with Crippen molar-refractivity contribution in [2.45, 2.75) is 0 Å². The summed E-state index contributed by atoms with van der Waals surface area (Å²) in [5.74, 6) is -0.208. The molecule has 0 bridgehead atoms. The van der Waals surface area contributed by atoms with Crippen molar-refractivity contribution in [2.24, 2.45) is 0 Å². The second-order valence-corrected chi connectivity index (χ2v) is 5.87. The van der Waals surface area contributed by atoms with E-state index >= 15 is 0 Å². The van der Waals surface area contributed by atoms with Crippen molar-refractivity contribution in [3.63, 3.8) is 0 Å². The average molecular weight is 427 g/mol. The Morgan fingerprint density at radius 2 is 2.05 bits per heavy atom. The van der Waals surface area contributed by atoms with Gasteiger partial charge in [0.15, 0.2) is 0 Å². The minimum Gasteiger partial charge on any atom is -0.322 e. The van der Waals surface area contributed by atoms with Gasteiger partial charge < -0.3 is 5.32 Å². The van der Waals surface area contributed by atoms with Crippen LogP contribution in [0.3, 0.4) is 0 Å². The van der Waals surface area contributed by atoms with Gasteiger partial charge in [-0.25, -0.2) is 0 Å². The van der Waals surface area contributed by atoms with Gasteiger partial charge in [-0.05, 0) is 74.9 Å². The number of hydrogen-bond donors (Lipinski definition) is 1. The molecule has 0 saturated carbocycles. The van der Waals surface area contributed by atoms with Crippen LogP contribution in [0, 0.1) is 14.9 Å². The van der Waals surface area contributed by atoms with Gasteiger partial charge in [0.25, 0.3) is 5.91 Å². The van der Waals surface area contributed by atoms with E-state index < -0.39 is 0 Å². The van der Waals surface area contributed by atoms with Gasteiger partial charge in [-0.1, -0.05) is 6.07 Å². The number of nitrogens with zero attached hydrogens (tertiary/aromatic N) is 1. The SMILES string of the molecule is N#Cc1cccc(NC(=O)c2cc(I)ccc2Br)c1. The van der Waals surface area contributed by atoms with Gasteiger partial charge >= 0.3 is 0 Å². The van der Waals surface area contributed by atoms with Gasteiger partial charge in [-0.2, -0.15) is 5.26 Å². The highest BCUT2D eigenvalue weighted by Gasteiger charge is 2.11. The van der Waals surface area contributed by atoms with E-state index in [4.69, 9.17) is 5.26 Å². The monoisotopic (exact) mass is 426 g/mol. The zero-order chi connectivity index (χ0) is 13.8. The molecule has 94 valence electrons. The molecular weight excluding hydrogens is 419 g/mol. The molecule has 0 aliphatic rings. The van der Waals surface area contributed by atoms with Crippen LogP contribution in [-0.2, 0) is 0 Å². The minimum atomic E-state index is -0.208. The summed E-state index contributed by atoms with van der Waals surface area (Å²) in [6.45, 7) is 0. The summed E-state index contributed by atoms with van der Waals surface area (Å²) in [5.41, 5.74) is 1.68. The molecule has 0 radical (unpaired) electrons. The molecule has 0 aliphatic carbocycles. The second-order valence-electron chi connectivity index (χ2n) is 3.77. The van der Waals surface area contributed by atoms with Gasteiger partial charge in [0.1, 0.15) is 0 Å². The molecule has 5 heteroatoms. The second kappa shape index (κ2) is 6.17. The van der Waals surface area contributed by atoms with E-state index in [-0.39, 0.29) is 5.91 Å². The number of nitriles is 1. The minimum absolute atomic E-state index is 0.208. The van der Waals surface area contributed by atoms with Crippen molar-refractivity contribution in [3.05, 3.63) is 61.6 Å². The summed E-state index contributed by atoms with van der Waals surface area (Å²) in [5, 5.41) is 11.6. The molecule has 3 nitrogen and oxygen atoms in total. The molecule has 0 spiro atoms. The molecule has 0 fully saturated rings. The summed E-state index contributed by atoms with van der Waals surface area (Å²) < 4.78 is 1.72. The molecule has 1 amide bonds. The molecule has 0 aliphatic heterocycles. The zero-order valence-corrected chi connectivity index (χ0v) is 13.4. The molecular formula is C14H8BrIN2O. The molecule has 0 aromatic heterocycles. The van der Waals surface area contributed by atoms with Gasteiger partial charge in [0.2, 0.25) is 0 Å². The van der Waals surface area contributed by atoms with Crippen molar-refractivity contribution in [1.29, 1.82) is 5.26 Å². The first-order valence-electron chi connectivity index (χ1n) is 5.37. The van der Waals surface area contributed by atoms with E-state index in [1.165, 1.54) is 0 Å². The van der Waals surface area contributed by atoms with E-state index in [0.29, 0.717) is 16.8 Å². The predicted octanol–water partition coefficient (Wildman–Crippen LogP) is 4.18. The lowest BCUT2D eigenvalue weighted by Gasteiger charge is -2.07. The van der Waals surface area contributed by atoms with Crippen LogP contribution in [0.1, 0.15) is 15.9 Å². The van der Waals surface area contributed by atoms with Gasteiger partial charge in [0.05, 0.1) is 17.2 Å². The van der Waals surface area contributed by atoms with Crippen LogP contribution < -0.4 is 5.32 Å². The molecule has 0 saturated heterocycles. The van der Waals surface area contributed by atoms with E-state index in [0.717, 1.165) is 8.04 Å². The van der Waals surface area contributed by atoms with Crippen LogP contribution in [0.15, 0.2) is 46.9 Å². The highest BCUT2D eigenvalue weighted by atomic mass is 127. The van der Waals surface area contributed by atoms with Gasteiger partial charge in [-0.3, -0.25) is 4.79 Å². The van der Waals surface area contributed by atoms with Crippen molar-refractivity contribution in [1.82, 2.24) is 0 Å². The van der Waals surface area contributed by atoms with Crippen molar-refractivity contribution in [3.8, 4) is 6.07 Å². The quantitative estimate of drug-likeness (QED) is 0.732. The zero-order valence-electron chi connectivity index (χ0n) is 9.65. The topological polar surface area (TPSA) is 52.9 Å². The van der Waals surface area contributed by atoms with Gasteiger partial charge in [0, 0.05) is 13.7 Å². The molecule has 0 heterocycles. The Hall–Kier alpha value is -1.39. The third kappa shape index (κ3) is 3.55. The fourth-order valence-corrected chi connectivity index (χ4v) is 2.45. The lowest BCUT2D eigenvalue weighted by molar-refractivity contribution is 0.102. The summed E-state index contributed by atoms with van der Waals surface area (Å²) in [7, 11) is 0. The van der Waals surface area contributed by atoms with Crippen molar-refractivity contribution < 1.29 is 4.79 Å². The smallest absolute Gasteiger partial charge is 0.256 e. The highest BCUT2D eigenvalue weighted by Crippen LogP contribution is 2.21. The van der Waals surface area contributed by atoms with Crippen LogP contribution in [0.2, 0.25) is 0 Å². The first-order chi connectivity index (χ1) is 9.10. The van der Waals surface area contributed by atoms with Crippen LogP contribution in [0.4, 0.5) is 5.69 Å². The molecule has 2 aromatic carbocycles. The maximum Gasteiger partial charge on any atom is 0.256 e. The lowest BCUT2D eigenvalue weighted by atomic mass is 10.2. The van der Waals surface area contributed by atoms with E-state index in [2.05, 4.69) is 43.8 Å². The van der Waals surface area contributed by atoms with Crippen LogP contribution in [0.25, 0.3) is 0 Å². The van der Waals surface area contributed by atoms with Crippen LogP contribution >= 0.6 is 38.5 Å². The fraction of sp³-hybridized carbons (Fsp3) is 0. The standard InChI is InChI=1S/C14H8BrIN2O/c15-13-5-4-10(16)7-12(13)14(19)18-11-3-1-2-9(6-11)8-17/h1-7H,(H,18,19). The van der Waals surface area contributed by atoms with Crippen LogP contribution in [-0.4, -0.2) is 5.91 Å². The maximum atomic E-state index is 12.2. The molecule has 0 atom stereocenters. The maximum absolute atomic E-state index is 12.2. The lowest BCUT2D eigenvalue weighted by Crippen LogP contribution is -2.12.